The molecule has 0 saturated carbocycles. The minimum absolute atomic E-state index is 0.107. The zero-order chi connectivity index (χ0) is 15.5. The maximum atomic E-state index is 12.2. The van der Waals surface area contributed by atoms with E-state index in [4.69, 9.17) is 23.2 Å². The molecule has 112 valence electrons. The molecule has 0 saturated heterocycles. The number of benzene rings is 1. The lowest BCUT2D eigenvalue weighted by atomic mass is 10.1. The van der Waals surface area contributed by atoms with Gasteiger partial charge in [0.1, 0.15) is 6.04 Å². The maximum Gasteiger partial charge on any atom is 0.324 e. The van der Waals surface area contributed by atoms with E-state index in [9.17, 15) is 13.2 Å². The number of ether oxygens (including phenoxy) is 1. The van der Waals surface area contributed by atoms with Gasteiger partial charge in [0.05, 0.1) is 12.0 Å². The molecule has 0 heterocycles. The molecule has 0 spiro atoms. The van der Waals surface area contributed by atoms with Gasteiger partial charge in [-0.3, -0.25) is 4.79 Å². The van der Waals surface area contributed by atoms with Gasteiger partial charge in [0.15, 0.2) is 0 Å². The van der Waals surface area contributed by atoms with Gasteiger partial charge in [-0.1, -0.05) is 37.0 Å². The van der Waals surface area contributed by atoms with Crippen LogP contribution in [-0.2, 0) is 19.6 Å². The Morgan fingerprint density at radius 1 is 1.20 bits per heavy atom. The number of hydrogen-bond donors (Lipinski definition) is 1. The normalized spacial score (nSPS) is 13.3. The molecule has 0 radical (unpaired) electrons. The van der Waals surface area contributed by atoms with Crippen molar-refractivity contribution in [2.75, 3.05) is 7.11 Å². The van der Waals surface area contributed by atoms with Gasteiger partial charge >= 0.3 is 5.97 Å². The van der Waals surface area contributed by atoms with Crippen molar-refractivity contribution in [3.05, 3.63) is 28.2 Å². The van der Waals surface area contributed by atoms with Gasteiger partial charge in [-0.15, -0.1) is 0 Å². The second kappa shape index (κ2) is 6.76. The van der Waals surface area contributed by atoms with Crippen molar-refractivity contribution in [1.82, 2.24) is 4.72 Å². The second-order valence-electron chi connectivity index (χ2n) is 4.47. The Morgan fingerprint density at radius 2 is 1.70 bits per heavy atom. The molecule has 1 aromatic carbocycles. The first-order chi connectivity index (χ1) is 9.17. The molecular weight excluding hydrogens is 325 g/mol. The Bertz CT molecular complexity index is 581. The van der Waals surface area contributed by atoms with Crippen LogP contribution in [0.15, 0.2) is 23.1 Å². The van der Waals surface area contributed by atoms with Crippen molar-refractivity contribution >= 4 is 39.2 Å². The summed E-state index contributed by atoms with van der Waals surface area (Å²) in [5, 5.41) is 0.383. The number of carbonyl (C=O) groups is 1. The van der Waals surface area contributed by atoms with Crippen LogP contribution >= 0.6 is 23.2 Å². The van der Waals surface area contributed by atoms with Crippen LogP contribution in [0.2, 0.25) is 10.0 Å². The molecular formula is C12H15Cl2NO4S. The Labute approximate surface area is 128 Å². The number of rotatable bonds is 5. The summed E-state index contributed by atoms with van der Waals surface area (Å²) >= 11 is 11.6. The highest BCUT2D eigenvalue weighted by atomic mass is 35.5. The van der Waals surface area contributed by atoms with E-state index in [1.165, 1.54) is 25.3 Å². The molecule has 1 aromatic rings. The molecule has 0 fully saturated rings. The molecule has 0 aromatic heterocycles. The highest BCUT2D eigenvalue weighted by molar-refractivity contribution is 7.89. The van der Waals surface area contributed by atoms with Gasteiger partial charge in [0.25, 0.3) is 0 Å². The quantitative estimate of drug-likeness (QED) is 0.836. The van der Waals surface area contributed by atoms with Gasteiger partial charge in [-0.05, 0) is 24.1 Å². The van der Waals surface area contributed by atoms with Crippen molar-refractivity contribution in [2.24, 2.45) is 5.92 Å². The first-order valence-electron chi connectivity index (χ1n) is 5.73. The highest BCUT2D eigenvalue weighted by Crippen LogP contribution is 2.22. The summed E-state index contributed by atoms with van der Waals surface area (Å²) in [4.78, 5) is 11.5. The predicted molar refractivity (Wildman–Crippen MR) is 77.4 cm³/mol. The van der Waals surface area contributed by atoms with Crippen LogP contribution in [0.1, 0.15) is 13.8 Å². The monoisotopic (exact) mass is 339 g/mol. The lowest BCUT2D eigenvalue weighted by Crippen LogP contribution is -2.44. The molecule has 5 nitrogen and oxygen atoms in total. The number of hydrogen-bond acceptors (Lipinski definition) is 4. The van der Waals surface area contributed by atoms with E-state index in [0.717, 1.165) is 0 Å². The summed E-state index contributed by atoms with van der Waals surface area (Å²) in [6.07, 6.45) is 0. The summed E-state index contributed by atoms with van der Waals surface area (Å²) in [6.45, 7) is 3.41. The zero-order valence-corrected chi connectivity index (χ0v) is 13.5. The number of nitrogens with one attached hydrogen (secondary N) is 1. The standard InChI is InChI=1S/C12H15Cl2NO4S/c1-7(2)11(12(16)19-3)15-20(17,18)10-5-8(13)4-9(14)6-10/h4-7,11,15H,1-3H3/t11-/m0/s1. The largest absolute Gasteiger partial charge is 0.468 e. The smallest absolute Gasteiger partial charge is 0.324 e. The third-order valence-corrected chi connectivity index (χ3v) is 4.41. The zero-order valence-electron chi connectivity index (χ0n) is 11.2. The predicted octanol–water partition coefficient (Wildman–Crippen LogP) is 2.47. The number of methoxy groups -OCH3 is 1. The van der Waals surface area contributed by atoms with Crippen LogP contribution in [0, 0.1) is 5.92 Å². The maximum absolute atomic E-state index is 12.2. The summed E-state index contributed by atoms with van der Waals surface area (Å²) in [6, 6.07) is 2.94. The Morgan fingerprint density at radius 3 is 2.10 bits per heavy atom. The molecule has 0 amide bonds. The molecule has 20 heavy (non-hydrogen) atoms. The van der Waals surface area contributed by atoms with Crippen LogP contribution in [-0.4, -0.2) is 27.5 Å². The number of halogens is 2. The van der Waals surface area contributed by atoms with Crippen LogP contribution in [0.4, 0.5) is 0 Å². The van der Waals surface area contributed by atoms with E-state index in [0.29, 0.717) is 0 Å². The first kappa shape index (κ1) is 17.2. The SMILES string of the molecule is COC(=O)[C@@H](NS(=O)(=O)c1cc(Cl)cc(Cl)c1)C(C)C. The highest BCUT2D eigenvalue weighted by Gasteiger charge is 2.29. The average Bonchev–Trinajstić information content (AvgIpc) is 2.33. The van der Waals surface area contributed by atoms with Gasteiger partial charge in [0.2, 0.25) is 10.0 Å². The lowest BCUT2D eigenvalue weighted by Gasteiger charge is -2.19. The molecule has 0 aliphatic carbocycles. The fourth-order valence-electron chi connectivity index (χ4n) is 1.50. The van der Waals surface area contributed by atoms with Gasteiger partial charge in [0, 0.05) is 10.0 Å². The molecule has 1 N–H and O–H groups in total. The minimum Gasteiger partial charge on any atom is -0.468 e. The van der Waals surface area contributed by atoms with Crippen molar-refractivity contribution in [3.8, 4) is 0 Å². The third-order valence-electron chi connectivity index (χ3n) is 2.55. The third kappa shape index (κ3) is 4.34. The van der Waals surface area contributed by atoms with Gasteiger partial charge < -0.3 is 4.74 Å². The lowest BCUT2D eigenvalue weighted by molar-refractivity contribution is -0.143. The Hall–Kier alpha value is -0.820. The van der Waals surface area contributed by atoms with Crippen LogP contribution in [0.5, 0.6) is 0 Å². The molecule has 8 heteroatoms. The van der Waals surface area contributed by atoms with E-state index in [1.54, 1.807) is 13.8 Å². The number of sulfonamides is 1. The van der Waals surface area contributed by atoms with E-state index < -0.39 is 22.0 Å². The fourth-order valence-corrected chi connectivity index (χ4v) is 3.56. The molecule has 1 atom stereocenters. The molecule has 0 unspecified atom stereocenters. The number of esters is 1. The van der Waals surface area contributed by atoms with E-state index >= 15 is 0 Å². The molecule has 0 aliphatic rings. The van der Waals surface area contributed by atoms with E-state index in [1.807, 2.05) is 0 Å². The second-order valence-corrected chi connectivity index (χ2v) is 7.06. The topological polar surface area (TPSA) is 72.5 Å². The fraction of sp³-hybridized carbons (Fsp3) is 0.417. The van der Waals surface area contributed by atoms with Crippen LogP contribution in [0.25, 0.3) is 0 Å². The Kier molecular flexibility index (Phi) is 5.82. The van der Waals surface area contributed by atoms with Gasteiger partial charge in [-0.2, -0.15) is 4.72 Å². The van der Waals surface area contributed by atoms with Crippen molar-refractivity contribution in [3.63, 3.8) is 0 Å². The van der Waals surface area contributed by atoms with Crippen LogP contribution in [0.3, 0.4) is 0 Å². The van der Waals surface area contributed by atoms with E-state index in [2.05, 4.69) is 9.46 Å². The summed E-state index contributed by atoms with van der Waals surface area (Å²) in [5.74, 6) is -0.927. The molecule has 0 aliphatic heterocycles. The first-order valence-corrected chi connectivity index (χ1v) is 7.97. The molecule has 1 rings (SSSR count). The van der Waals surface area contributed by atoms with E-state index in [-0.39, 0.29) is 20.9 Å². The average molecular weight is 340 g/mol. The van der Waals surface area contributed by atoms with Crippen LogP contribution < -0.4 is 4.72 Å². The van der Waals surface area contributed by atoms with Crippen molar-refractivity contribution in [1.29, 1.82) is 0 Å². The summed E-state index contributed by atoms with van der Waals surface area (Å²) in [5.41, 5.74) is 0. The van der Waals surface area contributed by atoms with Crippen molar-refractivity contribution in [2.45, 2.75) is 24.8 Å². The molecule has 0 bridgehead atoms. The Balaban J connectivity index is 3.13. The summed E-state index contributed by atoms with van der Waals surface area (Å²) in [7, 11) is -2.73. The van der Waals surface area contributed by atoms with Gasteiger partial charge in [-0.25, -0.2) is 8.42 Å². The van der Waals surface area contributed by atoms with Crippen molar-refractivity contribution < 1.29 is 17.9 Å². The minimum atomic E-state index is -3.92. The number of carbonyl (C=O) groups excluding carboxylic acids is 1. The summed E-state index contributed by atoms with van der Waals surface area (Å²) < 4.78 is 31.4.